The monoisotopic (exact) mass is 268 g/mol. The zero-order valence-corrected chi connectivity index (χ0v) is 11.8. The first-order chi connectivity index (χ1) is 8.37. The average molecular weight is 268 g/mol. The van der Waals surface area contributed by atoms with Gasteiger partial charge >= 0.3 is 0 Å². The molecule has 0 aromatic heterocycles. The molecule has 1 aliphatic heterocycles. The number of nitrogens with two attached hydrogens (primary N) is 1. The SMILES string of the molecule is Cc1cc2c(cc1N)N(CCCS(C)(=O)=O)CC2. The van der Waals surface area contributed by atoms with E-state index in [0.717, 1.165) is 30.8 Å². The summed E-state index contributed by atoms with van der Waals surface area (Å²) in [7, 11) is -2.86. The highest BCUT2D eigenvalue weighted by Crippen LogP contribution is 2.31. The maximum Gasteiger partial charge on any atom is 0.147 e. The number of nitrogen functional groups attached to an aromatic ring is 1. The molecule has 1 aromatic carbocycles. The van der Waals surface area contributed by atoms with E-state index in [0.29, 0.717) is 6.42 Å². The standard InChI is InChI=1S/C13H20N2O2S/c1-10-8-11-4-6-15(13(11)9-12(10)14)5-3-7-18(2,16)17/h8-9H,3-7,14H2,1-2H3. The van der Waals surface area contributed by atoms with Gasteiger partial charge in [0.25, 0.3) is 0 Å². The van der Waals surface area contributed by atoms with Crippen LogP contribution in [0.1, 0.15) is 17.5 Å². The van der Waals surface area contributed by atoms with Crippen LogP contribution in [0.25, 0.3) is 0 Å². The fraction of sp³-hybridized carbons (Fsp3) is 0.538. The summed E-state index contributed by atoms with van der Waals surface area (Å²) in [6.07, 6.45) is 2.98. The van der Waals surface area contributed by atoms with Crippen molar-refractivity contribution in [3.05, 3.63) is 23.3 Å². The zero-order valence-electron chi connectivity index (χ0n) is 10.9. The quantitative estimate of drug-likeness (QED) is 0.838. The number of hydrogen-bond donors (Lipinski definition) is 1. The van der Waals surface area contributed by atoms with E-state index < -0.39 is 9.84 Å². The van der Waals surface area contributed by atoms with Crippen LogP contribution in [0.15, 0.2) is 12.1 Å². The summed E-state index contributed by atoms with van der Waals surface area (Å²) in [6.45, 7) is 3.76. The van der Waals surface area contributed by atoms with Gasteiger partial charge in [-0.3, -0.25) is 0 Å². The molecule has 1 aromatic rings. The van der Waals surface area contributed by atoms with E-state index in [1.807, 2.05) is 13.0 Å². The molecule has 0 saturated heterocycles. The maximum atomic E-state index is 11.1. The van der Waals surface area contributed by atoms with E-state index in [4.69, 9.17) is 5.73 Å². The number of aryl methyl sites for hydroxylation is 1. The van der Waals surface area contributed by atoms with Crippen molar-refractivity contribution < 1.29 is 8.42 Å². The molecule has 0 amide bonds. The van der Waals surface area contributed by atoms with Gasteiger partial charge in [-0.1, -0.05) is 6.07 Å². The van der Waals surface area contributed by atoms with Crippen LogP contribution in [0.3, 0.4) is 0 Å². The van der Waals surface area contributed by atoms with Gasteiger partial charge in [-0.25, -0.2) is 8.42 Å². The van der Waals surface area contributed by atoms with Crippen LogP contribution in [0.5, 0.6) is 0 Å². The summed E-state index contributed by atoms with van der Waals surface area (Å²) in [6, 6.07) is 4.15. The normalized spacial score (nSPS) is 14.9. The molecule has 0 aliphatic carbocycles. The summed E-state index contributed by atoms with van der Waals surface area (Å²) in [5, 5.41) is 0. The first-order valence-electron chi connectivity index (χ1n) is 6.18. The predicted molar refractivity (Wildman–Crippen MR) is 75.8 cm³/mol. The molecule has 2 N–H and O–H groups in total. The highest BCUT2D eigenvalue weighted by atomic mass is 32.2. The Morgan fingerprint density at radius 3 is 2.78 bits per heavy atom. The van der Waals surface area contributed by atoms with E-state index in [2.05, 4.69) is 11.0 Å². The van der Waals surface area contributed by atoms with Crippen molar-refractivity contribution in [1.82, 2.24) is 0 Å². The fourth-order valence-electron chi connectivity index (χ4n) is 2.39. The van der Waals surface area contributed by atoms with Gasteiger partial charge in [0, 0.05) is 30.7 Å². The molecule has 0 bridgehead atoms. The van der Waals surface area contributed by atoms with Crippen LogP contribution in [-0.2, 0) is 16.3 Å². The van der Waals surface area contributed by atoms with E-state index in [-0.39, 0.29) is 5.75 Å². The summed E-state index contributed by atoms with van der Waals surface area (Å²) >= 11 is 0. The third kappa shape index (κ3) is 2.96. The predicted octanol–water partition coefficient (Wildman–Crippen LogP) is 1.37. The van der Waals surface area contributed by atoms with E-state index in [1.54, 1.807) is 0 Å². The van der Waals surface area contributed by atoms with E-state index in [9.17, 15) is 8.42 Å². The topological polar surface area (TPSA) is 63.4 Å². The lowest BCUT2D eigenvalue weighted by Crippen LogP contribution is -2.23. The molecule has 0 atom stereocenters. The third-order valence-electron chi connectivity index (χ3n) is 3.40. The smallest absolute Gasteiger partial charge is 0.147 e. The van der Waals surface area contributed by atoms with Crippen LogP contribution in [0, 0.1) is 6.92 Å². The van der Waals surface area contributed by atoms with Crippen molar-refractivity contribution in [2.24, 2.45) is 0 Å². The number of benzene rings is 1. The van der Waals surface area contributed by atoms with Gasteiger partial charge < -0.3 is 10.6 Å². The van der Waals surface area contributed by atoms with Crippen LogP contribution >= 0.6 is 0 Å². The molecule has 1 heterocycles. The van der Waals surface area contributed by atoms with Crippen LogP contribution in [-0.4, -0.2) is 33.5 Å². The second kappa shape index (κ2) is 4.80. The molecule has 18 heavy (non-hydrogen) atoms. The molecule has 0 radical (unpaired) electrons. The minimum Gasteiger partial charge on any atom is -0.398 e. The first-order valence-corrected chi connectivity index (χ1v) is 8.24. The molecule has 0 fully saturated rings. The summed E-state index contributed by atoms with van der Waals surface area (Å²) in [5.74, 6) is 0.250. The minimum atomic E-state index is -2.86. The van der Waals surface area contributed by atoms with Crippen LogP contribution in [0.4, 0.5) is 11.4 Å². The molecule has 0 saturated carbocycles. The van der Waals surface area contributed by atoms with Crippen LogP contribution in [0.2, 0.25) is 0 Å². The van der Waals surface area contributed by atoms with E-state index in [1.165, 1.54) is 17.5 Å². The second-order valence-electron chi connectivity index (χ2n) is 5.06. The Bertz CT molecular complexity index is 552. The summed E-state index contributed by atoms with van der Waals surface area (Å²) in [5.41, 5.74) is 10.4. The summed E-state index contributed by atoms with van der Waals surface area (Å²) < 4.78 is 22.2. The number of anilines is 2. The largest absolute Gasteiger partial charge is 0.398 e. The van der Waals surface area contributed by atoms with Gasteiger partial charge in [-0.2, -0.15) is 0 Å². The number of rotatable bonds is 4. The lowest BCUT2D eigenvalue weighted by atomic mass is 10.1. The Hall–Kier alpha value is -1.23. The number of nitrogens with zero attached hydrogens (tertiary/aromatic N) is 1. The summed E-state index contributed by atoms with van der Waals surface area (Å²) in [4.78, 5) is 2.23. The van der Waals surface area contributed by atoms with Gasteiger partial charge in [0.05, 0.1) is 5.75 Å². The van der Waals surface area contributed by atoms with Crippen molar-refractivity contribution in [3.63, 3.8) is 0 Å². The second-order valence-corrected chi connectivity index (χ2v) is 7.32. The van der Waals surface area contributed by atoms with Gasteiger partial charge in [0.15, 0.2) is 0 Å². The highest BCUT2D eigenvalue weighted by Gasteiger charge is 2.20. The van der Waals surface area contributed by atoms with Crippen molar-refractivity contribution in [2.45, 2.75) is 19.8 Å². The maximum absolute atomic E-state index is 11.1. The van der Waals surface area contributed by atoms with Gasteiger partial charge in [0.2, 0.25) is 0 Å². The van der Waals surface area contributed by atoms with Crippen molar-refractivity contribution in [2.75, 3.05) is 35.7 Å². The third-order valence-corrected chi connectivity index (χ3v) is 4.43. The number of hydrogen-bond acceptors (Lipinski definition) is 4. The lowest BCUT2D eigenvalue weighted by molar-refractivity contribution is 0.598. The van der Waals surface area contributed by atoms with Crippen molar-refractivity contribution in [3.8, 4) is 0 Å². The average Bonchev–Trinajstić information content (AvgIpc) is 2.60. The molecule has 1 aliphatic rings. The van der Waals surface area contributed by atoms with Gasteiger partial charge in [-0.05, 0) is 37.0 Å². The van der Waals surface area contributed by atoms with Crippen molar-refractivity contribution >= 4 is 21.2 Å². The molecule has 0 unspecified atom stereocenters. The molecule has 100 valence electrons. The van der Waals surface area contributed by atoms with E-state index >= 15 is 0 Å². The Morgan fingerprint density at radius 2 is 2.11 bits per heavy atom. The first kappa shape index (κ1) is 13.2. The molecule has 5 heteroatoms. The van der Waals surface area contributed by atoms with Crippen molar-refractivity contribution in [1.29, 1.82) is 0 Å². The Morgan fingerprint density at radius 1 is 1.39 bits per heavy atom. The Kier molecular flexibility index (Phi) is 3.52. The fourth-order valence-corrected chi connectivity index (χ4v) is 3.05. The molecular formula is C13H20N2O2S. The lowest BCUT2D eigenvalue weighted by Gasteiger charge is -2.19. The van der Waals surface area contributed by atoms with Gasteiger partial charge in [0.1, 0.15) is 9.84 Å². The molecule has 4 nitrogen and oxygen atoms in total. The van der Waals surface area contributed by atoms with Gasteiger partial charge in [-0.15, -0.1) is 0 Å². The Labute approximate surface area is 109 Å². The molecule has 2 rings (SSSR count). The number of fused-ring (bicyclic) bond motifs is 1. The van der Waals surface area contributed by atoms with Crippen LogP contribution < -0.4 is 10.6 Å². The minimum absolute atomic E-state index is 0.250. The highest BCUT2D eigenvalue weighted by molar-refractivity contribution is 7.90. The Balaban J connectivity index is 2.05. The zero-order chi connectivity index (χ0) is 13.3. The molecular weight excluding hydrogens is 248 g/mol. The number of sulfone groups is 1. The molecule has 0 spiro atoms.